The van der Waals surface area contributed by atoms with Gasteiger partial charge in [-0.15, -0.1) is 10.2 Å². The van der Waals surface area contributed by atoms with Crippen molar-refractivity contribution in [2.24, 2.45) is 28.0 Å². The smallest absolute Gasteiger partial charge is 0.338 e. The number of aromatic nitrogens is 1. The Labute approximate surface area is 329 Å². The number of azo groups is 1. The zero-order valence-corrected chi connectivity index (χ0v) is 31.6. The zero-order chi connectivity index (χ0) is 38.3. The number of anilines is 1. The molecule has 2 aliphatic carbocycles. The van der Waals surface area contributed by atoms with E-state index in [0.29, 0.717) is 52.1 Å². The van der Waals surface area contributed by atoms with Crippen LogP contribution in [0.4, 0.5) is 16.5 Å². The molecule has 0 aliphatic heterocycles. The molecule has 0 saturated heterocycles. The van der Waals surface area contributed by atoms with Crippen molar-refractivity contribution in [3.63, 3.8) is 0 Å². The molecule has 3 atom stereocenters. The molecule has 5 aromatic carbocycles. The fourth-order valence-electron chi connectivity index (χ4n) is 7.01. The number of hydrogen-bond donors (Lipinski definition) is 0. The second-order valence-corrected chi connectivity index (χ2v) is 14.7. The Morgan fingerprint density at radius 1 is 0.750 bits per heavy atom. The fraction of sp³-hybridized carbons (Fsp3) is 0.222. The van der Waals surface area contributed by atoms with Crippen molar-refractivity contribution < 1.29 is 28.5 Å². The van der Waals surface area contributed by atoms with Gasteiger partial charge < -0.3 is 23.8 Å². The van der Waals surface area contributed by atoms with Crippen LogP contribution in [-0.2, 0) is 20.9 Å². The van der Waals surface area contributed by atoms with Crippen molar-refractivity contribution in [1.82, 2.24) is 4.98 Å². The van der Waals surface area contributed by atoms with E-state index in [4.69, 9.17) is 18.9 Å². The molecular weight excluding hydrogens is 725 g/mol. The summed E-state index contributed by atoms with van der Waals surface area (Å²) in [5.41, 5.74) is 3.99. The van der Waals surface area contributed by atoms with Crippen molar-refractivity contribution in [2.45, 2.75) is 26.4 Å². The second-order valence-electron chi connectivity index (χ2n) is 13.7. The van der Waals surface area contributed by atoms with Crippen LogP contribution < -0.4 is 14.4 Å². The maximum atomic E-state index is 12.8. The number of carbonyl (C=O) groups excluding carboxylic acids is 2. The number of para-hydroxylation sites is 1. The van der Waals surface area contributed by atoms with E-state index >= 15 is 0 Å². The fourth-order valence-corrected chi connectivity index (χ4v) is 7.80. The highest BCUT2D eigenvalue weighted by atomic mass is 32.1. The van der Waals surface area contributed by atoms with E-state index in [1.807, 2.05) is 97.1 Å². The Bertz CT molecular complexity index is 2310. The van der Waals surface area contributed by atoms with Gasteiger partial charge >= 0.3 is 11.9 Å². The maximum Gasteiger partial charge on any atom is 0.338 e. The van der Waals surface area contributed by atoms with Crippen molar-refractivity contribution in [3.05, 3.63) is 145 Å². The lowest BCUT2D eigenvalue weighted by atomic mass is 9.94. The van der Waals surface area contributed by atoms with E-state index in [1.54, 1.807) is 24.3 Å². The molecule has 1 aromatic heterocycles. The first-order valence-electron chi connectivity index (χ1n) is 18.7. The second kappa shape index (κ2) is 17.0. The third kappa shape index (κ3) is 8.96. The summed E-state index contributed by atoms with van der Waals surface area (Å²) in [7, 11) is 0. The van der Waals surface area contributed by atoms with Crippen LogP contribution in [0.5, 0.6) is 23.0 Å². The van der Waals surface area contributed by atoms with E-state index in [1.165, 1.54) is 11.3 Å². The first-order chi connectivity index (χ1) is 27.5. The van der Waals surface area contributed by atoms with Gasteiger partial charge in [-0.3, -0.25) is 4.79 Å². The minimum Gasteiger partial charge on any atom is -0.461 e. The van der Waals surface area contributed by atoms with Crippen LogP contribution in [0.1, 0.15) is 35.7 Å². The normalized spacial score (nSPS) is 17.0. The minimum absolute atomic E-state index is 0.00397. The van der Waals surface area contributed by atoms with Gasteiger partial charge in [0.15, 0.2) is 0 Å². The third-order valence-electron chi connectivity index (χ3n) is 10.00. The van der Waals surface area contributed by atoms with Gasteiger partial charge in [0.1, 0.15) is 36.2 Å². The molecule has 282 valence electrons. The minimum atomic E-state index is -0.401. The lowest BCUT2D eigenvalue weighted by Crippen LogP contribution is -2.27. The molecule has 10 nitrogen and oxygen atoms in total. The van der Waals surface area contributed by atoms with Gasteiger partial charge in [-0.25, -0.2) is 9.78 Å². The molecular formula is C45H40N4O6S. The number of hydrogen-bond acceptors (Lipinski definition) is 11. The topological polar surface area (TPSA) is 112 Å². The van der Waals surface area contributed by atoms with Gasteiger partial charge in [-0.05, 0) is 134 Å². The monoisotopic (exact) mass is 764 g/mol. The van der Waals surface area contributed by atoms with Crippen LogP contribution in [0, 0.1) is 17.8 Å². The third-order valence-corrected chi connectivity index (χ3v) is 10.9. The van der Waals surface area contributed by atoms with Gasteiger partial charge in [0.05, 0.1) is 33.9 Å². The van der Waals surface area contributed by atoms with Gasteiger partial charge in [0, 0.05) is 12.2 Å². The summed E-state index contributed by atoms with van der Waals surface area (Å²) in [5, 5.41) is 9.27. The highest BCUT2D eigenvalue weighted by Crippen LogP contribution is 2.44. The number of rotatable bonds is 15. The molecule has 3 unspecified atom stereocenters. The predicted molar refractivity (Wildman–Crippen MR) is 217 cm³/mol. The van der Waals surface area contributed by atoms with Crippen molar-refractivity contribution in [2.75, 3.05) is 24.6 Å². The first kappa shape index (κ1) is 36.6. The first-order valence-corrected chi connectivity index (χ1v) is 19.6. The molecule has 2 aliphatic rings. The summed E-state index contributed by atoms with van der Waals surface area (Å²) < 4.78 is 24.3. The van der Waals surface area contributed by atoms with Crippen LogP contribution >= 0.6 is 11.3 Å². The highest BCUT2D eigenvalue weighted by Gasteiger charge is 2.40. The number of thiazole rings is 1. The Morgan fingerprint density at radius 2 is 1.41 bits per heavy atom. The number of benzene rings is 5. The molecule has 1 heterocycles. The van der Waals surface area contributed by atoms with E-state index in [2.05, 4.69) is 39.2 Å². The van der Waals surface area contributed by atoms with E-state index in [-0.39, 0.29) is 25.1 Å². The van der Waals surface area contributed by atoms with E-state index < -0.39 is 5.97 Å². The average Bonchev–Trinajstić information content (AvgIpc) is 3.99. The van der Waals surface area contributed by atoms with Crippen molar-refractivity contribution in [3.8, 4) is 23.0 Å². The molecule has 1 fully saturated rings. The van der Waals surface area contributed by atoms with Gasteiger partial charge in [0.2, 0.25) is 5.13 Å². The van der Waals surface area contributed by atoms with Crippen LogP contribution in [0.2, 0.25) is 0 Å². The number of likely N-dealkylation sites (N-methyl/N-ethyl adjacent to an activating group) is 1. The Morgan fingerprint density at radius 3 is 2.04 bits per heavy atom. The largest absolute Gasteiger partial charge is 0.461 e. The molecule has 56 heavy (non-hydrogen) atoms. The van der Waals surface area contributed by atoms with Crippen LogP contribution in [0.3, 0.4) is 0 Å². The summed E-state index contributed by atoms with van der Waals surface area (Å²) in [6.07, 6.45) is 6.37. The zero-order valence-electron chi connectivity index (χ0n) is 30.8. The number of esters is 2. The number of fused-ring (bicyclic) bond motifs is 3. The lowest BCUT2D eigenvalue weighted by Gasteiger charge is -2.23. The molecule has 0 N–H and O–H groups in total. The predicted octanol–water partition coefficient (Wildman–Crippen LogP) is 11.2. The lowest BCUT2D eigenvalue weighted by molar-refractivity contribution is -0.150. The standard InChI is InChI=1S/C45H40N4O6S/c1-2-49(35-15-13-34(14-16-35)47-48-45-46-41-5-3-4-6-42(41)56-45)25-26-52-43(50)32-11-19-37(20-12-32)55-39-23-21-38(22-24-39)54-36-17-8-30(9-18-36)29-53-44(51)40-28-31-7-10-33(40)27-31/h3-24,31,33,40H,2,25-29H2,1H3. The van der Waals surface area contributed by atoms with Gasteiger partial charge in [-0.2, -0.15) is 0 Å². The molecule has 0 radical (unpaired) electrons. The summed E-state index contributed by atoms with van der Waals surface area (Å²) in [6, 6.07) is 37.4. The van der Waals surface area contributed by atoms with Crippen molar-refractivity contribution in [1.29, 1.82) is 0 Å². The van der Waals surface area contributed by atoms with Crippen LogP contribution in [0.15, 0.2) is 144 Å². The Balaban J connectivity index is 0.758. The molecule has 0 amide bonds. The van der Waals surface area contributed by atoms with Crippen molar-refractivity contribution >= 4 is 50.0 Å². The highest BCUT2D eigenvalue weighted by molar-refractivity contribution is 7.21. The quantitative estimate of drug-likeness (QED) is 0.0577. The average molecular weight is 765 g/mol. The number of nitrogens with zero attached hydrogens (tertiary/aromatic N) is 4. The summed E-state index contributed by atoms with van der Waals surface area (Å²) >= 11 is 1.50. The van der Waals surface area contributed by atoms with Crippen LogP contribution in [-0.4, -0.2) is 36.6 Å². The Kier molecular flexibility index (Phi) is 11.1. The molecule has 0 spiro atoms. The molecule has 8 rings (SSSR count). The summed E-state index contributed by atoms with van der Waals surface area (Å²) in [5.74, 6) is 2.91. The molecule has 2 bridgehead atoms. The maximum absolute atomic E-state index is 12.8. The summed E-state index contributed by atoms with van der Waals surface area (Å²) in [6.45, 7) is 3.83. The van der Waals surface area contributed by atoms with E-state index in [9.17, 15) is 9.59 Å². The summed E-state index contributed by atoms with van der Waals surface area (Å²) in [4.78, 5) is 32.0. The van der Waals surface area contributed by atoms with Crippen LogP contribution in [0.25, 0.3) is 10.2 Å². The molecule has 6 aromatic rings. The molecule has 1 saturated carbocycles. The Hall–Kier alpha value is -6.33. The molecule has 11 heteroatoms. The van der Waals surface area contributed by atoms with E-state index in [0.717, 1.165) is 46.5 Å². The van der Waals surface area contributed by atoms with Gasteiger partial charge in [0.25, 0.3) is 0 Å². The SMILES string of the molecule is CCN(CCOC(=O)c1ccc(Oc2ccc(Oc3ccc(COC(=O)C4CC5C=CC4C5)cc3)cc2)cc1)c1ccc(N=Nc2nc3ccccc3s2)cc1. The number of carbonyl (C=O) groups is 2. The van der Waals surface area contributed by atoms with Gasteiger partial charge in [-0.1, -0.05) is 47.8 Å². The number of allylic oxidation sites excluding steroid dienone is 2. The number of ether oxygens (including phenoxy) is 4.